The van der Waals surface area contributed by atoms with Crippen LogP contribution in [-0.4, -0.2) is 29.7 Å². The van der Waals surface area contributed by atoms with Crippen LogP contribution in [-0.2, 0) is 14.3 Å². The van der Waals surface area contributed by atoms with Gasteiger partial charge in [-0.2, -0.15) is 0 Å². The zero-order valence-corrected chi connectivity index (χ0v) is 11.9. The van der Waals surface area contributed by atoms with Crippen molar-refractivity contribution in [1.82, 2.24) is 5.32 Å². The third-order valence-electron chi connectivity index (χ3n) is 3.26. The largest absolute Gasteiger partial charge is 0.481 e. The van der Waals surface area contributed by atoms with Crippen molar-refractivity contribution in [1.29, 1.82) is 0 Å². The molecule has 2 rings (SSSR count). The maximum absolute atomic E-state index is 13.5. The predicted molar refractivity (Wildman–Crippen MR) is 73.5 cm³/mol. The van der Waals surface area contributed by atoms with Crippen molar-refractivity contribution in [2.45, 2.75) is 31.4 Å². The molecule has 21 heavy (non-hydrogen) atoms. The molecular formula is C14H15ClFNO4. The first-order valence-electron chi connectivity index (χ1n) is 6.56. The summed E-state index contributed by atoms with van der Waals surface area (Å²) in [5.74, 6) is -2.13. The van der Waals surface area contributed by atoms with Crippen molar-refractivity contribution in [3.63, 3.8) is 0 Å². The summed E-state index contributed by atoms with van der Waals surface area (Å²) in [7, 11) is 0. The molecule has 0 aromatic heterocycles. The second-order valence-electron chi connectivity index (χ2n) is 4.83. The Hall–Kier alpha value is -1.66. The summed E-state index contributed by atoms with van der Waals surface area (Å²) in [6.07, 6.45) is 0.468. The lowest BCUT2D eigenvalue weighted by Gasteiger charge is -2.20. The lowest BCUT2D eigenvalue weighted by Crippen LogP contribution is -2.37. The van der Waals surface area contributed by atoms with Gasteiger partial charge in [-0.05, 0) is 30.5 Å². The highest BCUT2D eigenvalue weighted by atomic mass is 35.5. The highest BCUT2D eigenvalue weighted by molar-refractivity contribution is 6.30. The normalized spacial score (nSPS) is 19.2. The average molecular weight is 316 g/mol. The monoisotopic (exact) mass is 315 g/mol. The summed E-state index contributed by atoms with van der Waals surface area (Å²) in [4.78, 5) is 22.9. The van der Waals surface area contributed by atoms with Gasteiger partial charge in [-0.25, -0.2) is 4.39 Å². The average Bonchev–Trinajstić information content (AvgIpc) is 2.94. The summed E-state index contributed by atoms with van der Waals surface area (Å²) in [5.41, 5.74) is 0.352. The molecule has 0 spiro atoms. The third-order valence-corrected chi connectivity index (χ3v) is 3.57. The minimum Gasteiger partial charge on any atom is -0.481 e. The molecule has 2 N–H and O–H groups in total. The SMILES string of the molecule is O=C(O)C[C@H](NC(=O)[C@@H]1CCCO1)c1ccc(Cl)c(F)c1. The van der Waals surface area contributed by atoms with Crippen molar-refractivity contribution in [2.24, 2.45) is 0 Å². The van der Waals surface area contributed by atoms with Gasteiger partial charge in [0, 0.05) is 6.61 Å². The van der Waals surface area contributed by atoms with E-state index >= 15 is 0 Å². The standard InChI is InChI=1S/C14H15ClFNO4/c15-9-4-3-8(6-10(9)16)11(7-13(18)19)17-14(20)12-2-1-5-21-12/h3-4,6,11-12H,1-2,5,7H2,(H,17,20)(H,18,19)/t11-,12-/m0/s1. The van der Waals surface area contributed by atoms with Crippen molar-refractivity contribution in [3.05, 3.63) is 34.6 Å². The molecule has 1 aromatic rings. The van der Waals surface area contributed by atoms with Crippen LogP contribution in [0.15, 0.2) is 18.2 Å². The molecule has 0 aliphatic carbocycles. The molecule has 1 aromatic carbocycles. The van der Waals surface area contributed by atoms with E-state index in [2.05, 4.69) is 5.32 Å². The zero-order chi connectivity index (χ0) is 15.4. The van der Waals surface area contributed by atoms with Crippen LogP contribution in [0.25, 0.3) is 0 Å². The third kappa shape index (κ3) is 4.15. The second kappa shape index (κ2) is 6.87. The van der Waals surface area contributed by atoms with E-state index in [-0.39, 0.29) is 17.4 Å². The molecule has 1 aliphatic rings. The highest BCUT2D eigenvalue weighted by Gasteiger charge is 2.27. The summed E-state index contributed by atoms with van der Waals surface area (Å²) in [6.45, 7) is 0.511. The van der Waals surface area contributed by atoms with Gasteiger partial charge < -0.3 is 15.2 Å². The van der Waals surface area contributed by atoms with Crippen LogP contribution >= 0.6 is 11.6 Å². The maximum atomic E-state index is 13.5. The number of carboxylic acids is 1. The molecule has 114 valence electrons. The Labute approximate surface area is 126 Å². The second-order valence-corrected chi connectivity index (χ2v) is 5.24. The van der Waals surface area contributed by atoms with E-state index in [1.165, 1.54) is 12.1 Å². The van der Waals surface area contributed by atoms with Crippen molar-refractivity contribution >= 4 is 23.5 Å². The summed E-state index contributed by atoms with van der Waals surface area (Å²) >= 11 is 5.60. The van der Waals surface area contributed by atoms with Crippen molar-refractivity contribution in [3.8, 4) is 0 Å². The van der Waals surface area contributed by atoms with Gasteiger partial charge in [0.25, 0.3) is 0 Å². The summed E-state index contributed by atoms with van der Waals surface area (Å²) < 4.78 is 18.7. The van der Waals surface area contributed by atoms with E-state index in [0.717, 1.165) is 12.5 Å². The zero-order valence-electron chi connectivity index (χ0n) is 11.1. The molecule has 7 heteroatoms. The number of ether oxygens (including phenoxy) is 1. The molecule has 5 nitrogen and oxygen atoms in total. The Morgan fingerprint density at radius 1 is 1.52 bits per heavy atom. The fourth-order valence-corrected chi connectivity index (χ4v) is 2.32. The molecule has 1 fully saturated rings. The van der Waals surface area contributed by atoms with Gasteiger partial charge >= 0.3 is 5.97 Å². The Morgan fingerprint density at radius 3 is 2.86 bits per heavy atom. The number of rotatable bonds is 5. The molecule has 1 amide bonds. The number of amides is 1. The minimum absolute atomic E-state index is 0.0572. The van der Waals surface area contributed by atoms with Crippen LogP contribution in [0.2, 0.25) is 5.02 Å². The smallest absolute Gasteiger partial charge is 0.305 e. The molecule has 1 saturated heterocycles. The predicted octanol–water partition coefficient (Wildman–Crippen LogP) is 2.29. The quantitative estimate of drug-likeness (QED) is 0.874. The number of hydrogen-bond acceptors (Lipinski definition) is 3. The van der Waals surface area contributed by atoms with E-state index < -0.39 is 23.9 Å². The van der Waals surface area contributed by atoms with Gasteiger partial charge in [0.05, 0.1) is 17.5 Å². The number of aliphatic carboxylic acids is 1. The van der Waals surface area contributed by atoms with Crippen LogP contribution < -0.4 is 5.32 Å². The van der Waals surface area contributed by atoms with E-state index in [1.54, 1.807) is 0 Å². The Bertz CT molecular complexity index is 546. The van der Waals surface area contributed by atoms with Gasteiger partial charge in [-0.3, -0.25) is 9.59 Å². The van der Waals surface area contributed by atoms with Gasteiger partial charge in [0.2, 0.25) is 5.91 Å². The summed E-state index contributed by atoms with van der Waals surface area (Å²) in [5, 5.41) is 11.5. The van der Waals surface area contributed by atoms with Crippen LogP contribution in [0.1, 0.15) is 30.9 Å². The van der Waals surface area contributed by atoms with Gasteiger partial charge in [0.1, 0.15) is 11.9 Å². The molecule has 1 heterocycles. The fourth-order valence-electron chi connectivity index (χ4n) is 2.21. The van der Waals surface area contributed by atoms with E-state index in [1.807, 2.05) is 0 Å². The first kappa shape index (κ1) is 15.7. The van der Waals surface area contributed by atoms with Crippen LogP contribution in [0, 0.1) is 5.82 Å². The Kier molecular flexibility index (Phi) is 5.14. The lowest BCUT2D eigenvalue weighted by molar-refractivity contribution is -0.138. The number of hydrogen-bond donors (Lipinski definition) is 2. The first-order valence-corrected chi connectivity index (χ1v) is 6.94. The highest BCUT2D eigenvalue weighted by Crippen LogP contribution is 2.23. The molecular weight excluding hydrogens is 301 g/mol. The maximum Gasteiger partial charge on any atom is 0.305 e. The van der Waals surface area contributed by atoms with E-state index in [4.69, 9.17) is 21.4 Å². The van der Waals surface area contributed by atoms with Crippen LogP contribution in [0.5, 0.6) is 0 Å². The first-order chi connectivity index (χ1) is 9.97. The molecule has 0 saturated carbocycles. The number of halogens is 2. The van der Waals surface area contributed by atoms with Crippen LogP contribution in [0.4, 0.5) is 4.39 Å². The van der Waals surface area contributed by atoms with E-state index in [9.17, 15) is 14.0 Å². The van der Waals surface area contributed by atoms with Crippen molar-refractivity contribution in [2.75, 3.05) is 6.61 Å². The molecule has 0 radical (unpaired) electrons. The molecule has 0 unspecified atom stereocenters. The van der Waals surface area contributed by atoms with Gasteiger partial charge in [0.15, 0.2) is 0 Å². The Morgan fingerprint density at radius 2 is 2.29 bits per heavy atom. The van der Waals surface area contributed by atoms with E-state index in [0.29, 0.717) is 18.6 Å². The topological polar surface area (TPSA) is 75.6 Å². The number of carbonyl (C=O) groups is 2. The molecule has 2 atom stereocenters. The number of nitrogens with one attached hydrogen (secondary N) is 1. The Balaban J connectivity index is 2.14. The number of carboxylic acid groups (broad SMARTS) is 1. The molecule has 0 bridgehead atoms. The minimum atomic E-state index is -1.09. The number of benzene rings is 1. The van der Waals surface area contributed by atoms with Gasteiger partial charge in [-0.15, -0.1) is 0 Å². The summed E-state index contributed by atoms with van der Waals surface area (Å²) in [6, 6.07) is 3.13. The fraction of sp³-hybridized carbons (Fsp3) is 0.429. The van der Waals surface area contributed by atoms with Gasteiger partial charge in [-0.1, -0.05) is 17.7 Å². The molecule has 1 aliphatic heterocycles. The van der Waals surface area contributed by atoms with Crippen molar-refractivity contribution < 1.29 is 23.8 Å². The lowest BCUT2D eigenvalue weighted by atomic mass is 10.0. The van der Waals surface area contributed by atoms with Crippen LogP contribution in [0.3, 0.4) is 0 Å². The number of carbonyl (C=O) groups excluding carboxylic acids is 1.